The predicted molar refractivity (Wildman–Crippen MR) is 76.7 cm³/mol. The van der Waals surface area contributed by atoms with Crippen LogP contribution >= 0.6 is 0 Å². The van der Waals surface area contributed by atoms with E-state index in [4.69, 9.17) is 4.74 Å². The summed E-state index contributed by atoms with van der Waals surface area (Å²) in [6.45, 7) is 2.96. The van der Waals surface area contributed by atoms with E-state index in [1.54, 1.807) is 31.2 Å². The molecule has 1 aromatic carbocycles. The molecule has 1 aliphatic rings. The SMILES string of the molecule is CCOC(=O)Nc1ccc(NC(=O)C2CCCN2)cc1. The number of carbonyl (C=O) groups is 2. The predicted octanol–water partition coefficient (Wildman–Crippen LogP) is 1.95. The van der Waals surface area contributed by atoms with E-state index in [-0.39, 0.29) is 11.9 Å². The molecule has 1 fully saturated rings. The zero-order valence-electron chi connectivity index (χ0n) is 11.4. The Morgan fingerprint density at radius 3 is 2.45 bits per heavy atom. The molecule has 0 radical (unpaired) electrons. The Labute approximate surface area is 117 Å². The number of benzene rings is 1. The molecule has 1 aliphatic heterocycles. The Bertz CT molecular complexity index is 467. The summed E-state index contributed by atoms with van der Waals surface area (Å²) in [5.74, 6) is -0.0198. The summed E-state index contributed by atoms with van der Waals surface area (Å²) in [6.07, 6.45) is 1.41. The van der Waals surface area contributed by atoms with Crippen molar-refractivity contribution in [3.63, 3.8) is 0 Å². The van der Waals surface area contributed by atoms with Gasteiger partial charge in [0, 0.05) is 11.4 Å². The maximum atomic E-state index is 11.9. The first-order valence-electron chi connectivity index (χ1n) is 6.77. The number of hydrogen-bond acceptors (Lipinski definition) is 4. The zero-order valence-corrected chi connectivity index (χ0v) is 11.4. The lowest BCUT2D eigenvalue weighted by Crippen LogP contribution is -2.35. The van der Waals surface area contributed by atoms with E-state index in [1.807, 2.05) is 0 Å². The maximum absolute atomic E-state index is 11.9. The fourth-order valence-electron chi connectivity index (χ4n) is 2.06. The number of rotatable bonds is 4. The molecule has 108 valence electrons. The summed E-state index contributed by atoms with van der Waals surface area (Å²) in [7, 11) is 0. The van der Waals surface area contributed by atoms with Gasteiger partial charge in [-0.1, -0.05) is 0 Å². The number of ether oxygens (including phenoxy) is 1. The molecular weight excluding hydrogens is 258 g/mol. The molecule has 3 N–H and O–H groups in total. The van der Waals surface area contributed by atoms with Crippen LogP contribution in [0.4, 0.5) is 16.2 Å². The largest absolute Gasteiger partial charge is 0.450 e. The summed E-state index contributed by atoms with van der Waals surface area (Å²) in [5, 5.41) is 8.58. The minimum absolute atomic E-state index is 0.0198. The second kappa shape index (κ2) is 6.91. The van der Waals surface area contributed by atoms with Crippen LogP contribution in [-0.4, -0.2) is 31.2 Å². The molecule has 0 spiro atoms. The smallest absolute Gasteiger partial charge is 0.411 e. The van der Waals surface area contributed by atoms with Crippen molar-refractivity contribution >= 4 is 23.4 Å². The van der Waals surface area contributed by atoms with Crippen LogP contribution in [0.25, 0.3) is 0 Å². The first-order valence-corrected chi connectivity index (χ1v) is 6.77. The van der Waals surface area contributed by atoms with Crippen LogP contribution in [0.1, 0.15) is 19.8 Å². The molecule has 20 heavy (non-hydrogen) atoms. The summed E-state index contributed by atoms with van der Waals surface area (Å²) in [4.78, 5) is 23.1. The summed E-state index contributed by atoms with van der Waals surface area (Å²) < 4.78 is 4.78. The standard InChI is InChI=1S/C14H19N3O3/c1-2-20-14(19)17-11-7-5-10(6-8-11)16-13(18)12-4-3-9-15-12/h5-8,12,15H,2-4,9H2,1H3,(H,16,18)(H,17,19). The lowest BCUT2D eigenvalue weighted by molar-refractivity contribution is -0.117. The number of carbonyl (C=O) groups excluding carboxylic acids is 2. The Balaban J connectivity index is 1.87. The second-order valence-electron chi connectivity index (χ2n) is 4.56. The zero-order chi connectivity index (χ0) is 14.4. The van der Waals surface area contributed by atoms with Crippen LogP contribution in [0.3, 0.4) is 0 Å². The van der Waals surface area contributed by atoms with Crippen molar-refractivity contribution in [2.24, 2.45) is 0 Å². The minimum atomic E-state index is -0.487. The third-order valence-corrected chi connectivity index (χ3v) is 3.05. The molecule has 2 rings (SSSR count). The summed E-state index contributed by atoms with van der Waals surface area (Å²) >= 11 is 0. The van der Waals surface area contributed by atoms with Crippen LogP contribution in [0, 0.1) is 0 Å². The first-order chi connectivity index (χ1) is 9.69. The van der Waals surface area contributed by atoms with Crippen molar-refractivity contribution < 1.29 is 14.3 Å². The highest BCUT2D eigenvalue weighted by Crippen LogP contribution is 2.15. The van der Waals surface area contributed by atoms with Crippen LogP contribution in [0.15, 0.2) is 24.3 Å². The van der Waals surface area contributed by atoms with Gasteiger partial charge in [-0.05, 0) is 50.6 Å². The molecule has 0 aromatic heterocycles. The van der Waals surface area contributed by atoms with Crippen LogP contribution in [0.5, 0.6) is 0 Å². The molecule has 6 heteroatoms. The molecule has 2 amide bonds. The van der Waals surface area contributed by atoms with Gasteiger partial charge >= 0.3 is 6.09 Å². The summed E-state index contributed by atoms with van der Waals surface area (Å²) in [5.41, 5.74) is 1.33. The van der Waals surface area contributed by atoms with E-state index in [2.05, 4.69) is 16.0 Å². The van der Waals surface area contributed by atoms with Gasteiger partial charge in [-0.2, -0.15) is 0 Å². The Morgan fingerprint density at radius 2 is 1.90 bits per heavy atom. The molecule has 6 nitrogen and oxygen atoms in total. The van der Waals surface area contributed by atoms with Gasteiger partial charge in [0.1, 0.15) is 0 Å². The van der Waals surface area contributed by atoms with E-state index in [9.17, 15) is 9.59 Å². The first kappa shape index (κ1) is 14.3. The van der Waals surface area contributed by atoms with Gasteiger partial charge in [0.15, 0.2) is 0 Å². The number of nitrogens with one attached hydrogen (secondary N) is 3. The van der Waals surface area contributed by atoms with E-state index in [0.717, 1.165) is 19.4 Å². The summed E-state index contributed by atoms with van der Waals surface area (Å²) in [6, 6.07) is 6.82. The highest BCUT2D eigenvalue weighted by molar-refractivity contribution is 5.95. The van der Waals surface area contributed by atoms with Crippen molar-refractivity contribution in [3.05, 3.63) is 24.3 Å². The van der Waals surface area contributed by atoms with Crippen molar-refractivity contribution in [1.82, 2.24) is 5.32 Å². The Hall–Kier alpha value is -2.08. The fourth-order valence-corrected chi connectivity index (χ4v) is 2.06. The Kier molecular flexibility index (Phi) is 4.95. The highest BCUT2D eigenvalue weighted by Gasteiger charge is 2.21. The quantitative estimate of drug-likeness (QED) is 0.786. The lowest BCUT2D eigenvalue weighted by Gasteiger charge is -2.11. The van der Waals surface area contributed by atoms with Crippen molar-refractivity contribution in [3.8, 4) is 0 Å². The van der Waals surface area contributed by atoms with Crippen molar-refractivity contribution in [2.75, 3.05) is 23.8 Å². The fraction of sp³-hybridized carbons (Fsp3) is 0.429. The average molecular weight is 277 g/mol. The van der Waals surface area contributed by atoms with Gasteiger partial charge in [-0.25, -0.2) is 4.79 Å². The molecule has 1 saturated heterocycles. The van der Waals surface area contributed by atoms with Gasteiger partial charge < -0.3 is 15.4 Å². The molecule has 1 atom stereocenters. The van der Waals surface area contributed by atoms with E-state index < -0.39 is 6.09 Å². The third kappa shape index (κ3) is 3.96. The van der Waals surface area contributed by atoms with Crippen LogP contribution in [-0.2, 0) is 9.53 Å². The number of hydrogen-bond donors (Lipinski definition) is 3. The lowest BCUT2D eigenvalue weighted by atomic mass is 10.2. The topological polar surface area (TPSA) is 79.5 Å². The highest BCUT2D eigenvalue weighted by atomic mass is 16.5. The van der Waals surface area contributed by atoms with Crippen LogP contribution in [0.2, 0.25) is 0 Å². The molecule has 0 bridgehead atoms. The maximum Gasteiger partial charge on any atom is 0.411 e. The minimum Gasteiger partial charge on any atom is -0.450 e. The third-order valence-electron chi connectivity index (χ3n) is 3.05. The number of anilines is 2. The van der Waals surface area contributed by atoms with E-state index in [0.29, 0.717) is 18.0 Å². The van der Waals surface area contributed by atoms with Crippen LogP contribution < -0.4 is 16.0 Å². The monoisotopic (exact) mass is 277 g/mol. The normalized spacial score (nSPS) is 17.6. The van der Waals surface area contributed by atoms with E-state index >= 15 is 0 Å². The van der Waals surface area contributed by atoms with Gasteiger partial charge in [0.05, 0.1) is 12.6 Å². The van der Waals surface area contributed by atoms with Gasteiger partial charge in [-0.3, -0.25) is 10.1 Å². The molecule has 1 heterocycles. The van der Waals surface area contributed by atoms with Gasteiger partial charge in [0.2, 0.25) is 5.91 Å². The molecule has 1 unspecified atom stereocenters. The van der Waals surface area contributed by atoms with Gasteiger partial charge in [0.25, 0.3) is 0 Å². The molecule has 0 saturated carbocycles. The van der Waals surface area contributed by atoms with E-state index in [1.165, 1.54) is 0 Å². The van der Waals surface area contributed by atoms with Crippen molar-refractivity contribution in [1.29, 1.82) is 0 Å². The Morgan fingerprint density at radius 1 is 1.25 bits per heavy atom. The van der Waals surface area contributed by atoms with Crippen molar-refractivity contribution in [2.45, 2.75) is 25.8 Å². The molecule has 1 aromatic rings. The van der Waals surface area contributed by atoms with Gasteiger partial charge in [-0.15, -0.1) is 0 Å². The molecule has 0 aliphatic carbocycles. The number of amides is 2. The average Bonchev–Trinajstić information content (AvgIpc) is 2.95. The second-order valence-corrected chi connectivity index (χ2v) is 4.56. The molecular formula is C14H19N3O3.